The minimum absolute atomic E-state index is 0.213. The Hall–Kier alpha value is -2.09. The third-order valence-corrected chi connectivity index (χ3v) is 7.50. The summed E-state index contributed by atoms with van der Waals surface area (Å²) < 4.78 is 32.9. The molecule has 1 fully saturated rings. The summed E-state index contributed by atoms with van der Waals surface area (Å²) in [4.78, 5) is 12.6. The van der Waals surface area contributed by atoms with Gasteiger partial charge in [0.1, 0.15) is 5.75 Å². The molecule has 3 rings (SSSR count). The first kappa shape index (κ1) is 23.6. The van der Waals surface area contributed by atoms with Crippen LogP contribution in [0.15, 0.2) is 53.4 Å². The van der Waals surface area contributed by atoms with Gasteiger partial charge in [-0.05, 0) is 68.1 Å². The highest BCUT2D eigenvalue weighted by Gasteiger charge is 2.24. The minimum Gasteiger partial charge on any atom is -0.481 e. The zero-order valence-electron chi connectivity index (χ0n) is 17.7. The van der Waals surface area contributed by atoms with Crippen molar-refractivity contribution in [3.63, 3.8) is 0 Å². The molecule has 2 aromatic carbocycles. The van der Waals surface area contributed by atoms with Gasteiger partial charge in [0.2, 0.25) is 10.0 Å². The van der Waals surface area contributed by atoms with Gasteiger partial charge in [-0.2, -0.15) is 4.31 Å². The van der Waals surface area contributed by atoms with E-state index < -0.39 is 16.1 Å². The Bertz CT molecular complexity index is 954. The highest BCUT2D eigenvalue weighted by molar-refractivity contribution is 7.89. The Balaban J connectivity index is 1.48. The number of benzene rings is 2. The van der Waals surface area contributed by atoms with E-state index in [1.165, 1.54) is 0 Å². The van der Waals surface area contributed by atoms with E-state index in [0.29, 0.717) is 41.7 Å². The molecule has 1 saturated heterocycles. The lowest BCUT2D eigenvalue weighted by Crippen LogP contribution is -2.37. The number of sulfonamides is 1. The summed E-state index contributed by atoms with van der Waals surface area (Å²) >= 11 is 5.85. The molecule has 1 amide bonds. The van der Waals surface area contributed by atoms with Gasteiger partial charge in [-0.15, -0.1) is 0 Å². The Labute approximate surface area is 189 Å². The van der Waals surface area contributed by atoms with E-state index in [4.69, 9.17) is 16.3 Å². The lowest BCUT2D eigenvalue weighted by Gasteiger charge is -2.20. The molecule has 2 aromatic rings. The molecule has 6 nitrogen and oxygen atoms in total. The van der Waals surface area contributed by atoms with E-state index in [0.717, 1.165) is 31.2 Å². The van der Waals surface area contributed by atoms with E-state index in [-0.39, 0.29) is 5.91 Å². The van der Waals surface area contributed by atoms with Crippen molar-refractivity contribution in [3.05, 3.63) is 59.1 Å². The summed E-state index contributed by atoms with van der Waals surface area (Å²) in [5.41, 5.74) is 0.960. The van der Waals surface area contributed by atoms with Crippen LogP contribution in [0.4, 0.5) is 0 Å². The zero-order chi connectivity index (χ0) is 22.3. The van der Waals surface area contributed by atoms with Crippen molar-refractivity contribution in [2.24, 2.45) is 0 Å². The van der Waals surface area contributed by atoms with E-state index in [2.05, 4.69) is 5.32 Å². The second-order valence-corrected chi connectivity index (χ2v) is 10.1. The predicted octanol–water partition coefficient (Wildman–Crippen LogP) is 4.03. The van der Waals surface area contributed by atoms with Crippen molar-refractivity contribution in [1.29, 1.82) is 0 Å². The molecule has 0 bridgehead atoms. The van der Waals surface area contributed by atoms with Gasteiger partial charge in [0, 0.05) is 24.7 Å². The molecule has 1 heterocycles. The third kappa shape index (κ3) is 6.69. The van der Waals surface area contributed by atoms with Gasteiger partial charge >= 0.3 is 0 Å². The van der Waals surface area contributed by atoms with Gasteiger partial charge in [-0.25, -0.2) is 8.42 Å². The SMILES string of the molecule is CC(Oc1ccc(Cl)cc1)C(=O)NCCc1ccc(S(=O)(=O)N2CCCCCC2)cc1. The van der Waals surface area contributed by atoms with E-state index in [1.54, 1.807) is 47.6 Å². The molecule has 1 aliphatic heterocycles. The van der Waals surface area contributed by atoms with Crippen LogP contribution in [-0.4, -0.2) is 44.4 Å². The number of ether oxygens (including phenoxy) is 1. The Morgan fingerprint density at radius 2 is 1.65 bits per heavy atom. The fraction of sp³-hybridized carbons (Fsp3) is 0.435. The molecule has 0 radical (unpaired) electrons. The Morgan fingerprint density at radius 3 is 2.26 bits per heavy atom. The molecule has 0 spiro atoms. The van der Waals surface area contributed by atoms with Gasteiger partial charge in [0.05, 0.1) is 4.90 Å². The molecule has 8 heteroatoms. The van der Waals surface area contributed by atoms with Crippen molar-refractivity contribution in [2.75, 3.05) is 19.6 Å². The van der Waals surface area contributed by atoms with Gasteiger partial charge in [0.15, 0.2) is 6.10 Å². The highest BCUT2D eigenvalue weighted by atomic mass is 35.5. The summed E-state index contributed by atoms with van der Waals surface area (Å²) in [6.45, 7) is 3.30. The van der Waals surface area contributed by atoms with Crippen LogP contribution in [0.25, 0.3) is 0 Å². The normalized spacial score (nSPS) is 16.3. The quantitative estimate of drug-likeness (QED) is 0.639. The monoisotopic (exact) mass is 464 g/mol. The number of carbonyl (C=O) groups excluding carboxylic acids is 1. The first-order valence-corrected chi connectivity index (χ1v) is 12.5. The first-order valence-electron chi connectivity index (χ1n) is 10.7. The topological polar surface area (TPSA) is 75.7 Å². The minimum atomic E-state index is -3.44. The maximum absolute atomic E-state index is 12.8. The largest absolute Gasteiger partial charge is 0.481 e. The summed E-state index contributed by atoms with van der Waals surface area (Å²) in [5, 5.41) is 3.46. The summed E-state index contributed by atoms with van der Waals surface area (Å²) in [6, 6.07) is 13.8. The summed E-state index contributed by atoms with van der Waals surface area (Å²) in [7, 11) is -3.44. The van der Waals surface area contributed by atoms with Gasteiger partial charge in [0.25, 0.3) is 5.91 Å². The number of rotatable bonds is 8. The van der Waals surface area contributed by atoms with E-state index in [9.17, 15) is 13.2 Å². The van der Waals surface area contributed by atoms with Crippen molar-refractivity contribution in [1.82, 2.24) is 9.62 Å². The standard InChI is InChI=1S/C23H29ClN2O4S/c1-18(30-21-10-8-20(24)9-11-21)23(27)25-15-14-19-6-12-22(13-7-19)31(28,29)26-16-4-2-3-5-17-26/h6-13,18H,2-5,14-17H2,1H3,(H,25,27). The molecule has 1 atom stereocenters. The number of nitrogens with one attached hydrogen (secondary N) is 1. The fourth-order valence-corrected chi connectivity index (χ4v) is 5.15. The summed E-state index contributed by atoms with van der Waals surface area (Å²) in [6.07, 6.45) is 3.96. The van der Waals surface area contributed by atoms with Crippen LogP contribution in [0, 0.1) is 0 Å². The lowest BCUT2D eigenvalue weighted by molar-refractivity contribution is -0.127. The van der Waals surface area contributed by atoms with E-state index >= 15 is 0 Å². The predicted molar refractivity (Wildman–Crippen MR) is 122 cm³/mol. The molecular formula is C23H29ClN2O4S. The molecule has 1 unspecified atom stereocenters. The molecule has 0 aliphatic carbocycles. The van der Waals surface area contributed by atoms with Gasteiger partial charge in [-0.3, -0.25) is 4.79 Å². The second kappa shape index (κ2) is 11.0. The highest BCUT2D eigenvalue weighted by Crippen LogP contribution is 2.21. The third-order valence-electron chi connectivity index (χ3n) is 5.33. The molecule has 0 saturated carbocycles. The van der Waals surface area contributed by atoms with Crippen LogP contribution in [0.2, 0.25) is 5.02 Å². The Morgan fingerprint density at radius 1 is 1.03 bits per heavy atom. The molecular weight excluding hydrogens is 436 g/mol. The number of halogens is 1. The molecule has 1 aliphatic rings. The lowest BCUT2D eigenvalue weighted by atomic mass is 10.1. The number of nitrogens with zero attached hydrogens (tertiary/aromatic N) is 1. The van der Waals surface area contributed by atoms with Crippen LogP contribution in [-0.2, 0) is 21.2 Å². The van der Waals surface area contributed by atoms with Crippen molar-refractivity contribution >= 4 is 27.5 Å². The summed E-state index contributed by atoms with van der Waals surface area (Å²) in [5.74, 6) is 0.364. The first-order chi connectivity index (χ1) is 14.9. The van der Waals surface area contributed by atoms with Gasteiger partial charge in [-0.1, -0.05) is 36.6 Å². The number of carbonyl (C=O) groups is 1. The fourth-order valence-electron chi connectivity index (χ4n) is 3.50. The van der Waals surface area contributed by atoms with Crippen molar-refractivity contribution in [2.45, 2.75) is 50.0 Å². The molecule has 31 heavy (non-hydrogen) atoms. The average molecular weight is 465 g/mol. The molecule has 1 N–H and O–H groups in total. The smallest absolute Gasteiger partial charge is 0.260 e. The zero-order valence-corrected chi connectivity index (χ0v) is 19.3. The average Bonchev–Trinajstić information content (AvgIpc) is 3.06. The van der Waals surface area contributed by atoms with Crippen LogP contribution in [0.5, 0.6) is 5.75 Å². The Kier molecular flexibility index (Phi) is 8.35. The molecule has 0 aromatic heterocycles. The van der Waals surface area contributed by atoms with Crippen LogP contribution < -0.4 is 10.1 Å². The van der Waals surface area contributed by atoms with Gasteiger partial charge < -0.3 is 10.1 Å². The maximum Gasteiger partial charge on any atom is 0.260 e. The number of amides is 1. The van der Waals surface area contributed by atoms with Crippen molar-refractivity contribution in [3.8, 4) is 5.75 Å². The van der Waals surface area contributed by atoms with Crippen LogP contribution >= 0.6 is 11.6 Å². The molecule has 168 valence electrons. The van der Waals surface area contributed by atoms with E-state index in [1.807, 2.05) is 12.1 Å². The van der Waals surface area contributed by atoms with Crippen molar-refractivity contribution < 1.29 is 17.9 Å². The number of hydrogen-bond acceptors (Lipinski definition) is 4. The maximum atomic E-state index is 12.8. The van der Waals surface area contributed by atoms with Crippen LogP contribution in [0.1, 0.15) is 38.2 Å². The number of hydrogen-bond donors (Lipinski definition) is 1. The van der Waals surface area contributed by atoms with Crippen LogP contribution in [0.3, 0.4) is 0 Å². The second-order valence-electron chi connectivity index (χ2n) is 7.72.